The zero-order chi connectivity index (χ0) is 23.8. The lowest BCUT2D eigenvalue weighted by atomic mass is 9.85. The number of carbonyl (C=O) groups excluding carboxylic acids is 2. The Kier molecular flexibility index (Phi) is 6.08. The number of anilines is 1. The number of aliphatic hydroxyl groups is 1. The molecule has 1 aliphatic heterocycles. The maximum Gasteiger partial charge on any atom is 0.294 e. The van der Waals surface area contributed by atoms with Crippen molar-refractivity contribution in [2.75, 3.05) is 12.0 Å². The molecule has 0 spiro atoms. The molecule has 3 aromatic rings. The van der Waals surface area contributed by atoms with E-state index in [-0.39, 0.29) is 23.2 Å². The zero-order valence-electron chi connectivity index (χ0n) is 19.0. The SMILES string of the molecule is COc1ncccc1C1C(C(=O)CC(C)(C)C)=C(O)C(=O)N1c1ccc(-c2ccsc2)cc1. The molecule has 1 unspecified atom stereocenters. The number of nitrogens with zero attached hydrogens (tertiary/aromatic N) is 2. The number of thiophene rings is 1. The molecule has 1 amide bonds. The number of hydrogen-bond acceptors (Lipinski definition) is 6. The van der Waals surface area contributed by atoms with E-state index < -0.39 is 17.7 Å². The van der Waals surface area contributed by atoms with E-state index in [0.29, 0.717) is 17.1 Å². The van der Waals surface area contributed by atoms with Crippen LogP contribution in [0.15, 0.2) is 70.8 Å². The Balaban J connectivity index is 1.82. The molecule has 4 rings (SSSR count). The number of Topliss-reactive ketones (excluding diaryl/α,β-unsaturated/α-hetero) is 1. The van der Waals surface area contributed by atoms with Crippen molar-refractivity contribution in [2.45, 2.75) is 33.2 Å². The highest BCUT2D eigenvalue weighted by Gasteiger charge is 2.46. The molecule has 170 valence electrons. The first-order chi connectivity index (χ1) is 15.7. The molecule has 0 saturated carbocycles. The van der Waals surface area contributed by atoms with Crippen LogP contribution in [0.25, 0.3) is 11.1 Å². The molecule has 0 fully saturated rings. The molecule has 0 radical (unpaired) electrons. The smallest absolute Gasteiger partial charge is 0.294 e. The Morgan fingerprint density at radius 3 is 2.48 bits per heavy atom. The topological polar surface area (TPSA) is 79.7 Å². The molecule has 6 nitrogen and oxygen atoms in total. The molecule has 1 aromatic carbocycles. The first kappa shape index (κ1) is 22.7. The Morgan fingerprint density at radius 1 is 1.15 bits per heavy atom. The third kappa shape index (κ3) is 4.41. The van der Waals surface area contributed by atoms with Crippen LogP contribution in [0.5, 0.6) is 5.88 Å². The largest absolute Gasteiger partial charge is 0.503 e. The summed E-state index contributed by atoms with van der Waals surface area (Å²) in [6, 6.07) is 12.2. The summed E-state index contributed by atoms with van der Waals surface area (Å²) >= 11 is 1.61. The van der Waals surface area contributed by atoms with Crippen molar-refractivity contribution >= 4 is 28.7 Å². The zero-order valence-corrected chi connectivity index (χ0v) is 19.8. The average Bonchev–Trinajstić information content (AvgIpc) is 3.40. The van der Waals surface area contributed by atoms with Gasteiger partial charge in [-0.1, -0.05) is 32.9 Å². The summed E-state index contributed by atoms with van der Waals surface area (Å²) in [5.74, 6) is -1.12. The predicted molar refractivity (Wildman–Crippen MR) is 130 cm³/mol. The van der Waals surface area contributed by atoms with Crippen molar-refractivity contribution in [3.8, 4) is 17.0 Å². The second-order valence-electron chi connectivity index (χ2n) is 9.16. The van der Waals surface area contributed by atoms with Crippen molar-refractivity contribution in [1.82, 2.24) is 4.98 Å². The van der Waals surface area contributed by atoms with Gasteiger partial charge in [-0.25, -0.2) is 4.98 Å². The van der Waals surface area contributed by atoms with Crippen LogP contribution in [0.2, 0.25) is 0 Å². The van der Waals surface area contributed by atoms with Gasteiger partial charge in [0, 0.05) is 23.9 Å². The number of pyridine rings is 1. The van der Waals surface area contributed by atoms with Crippen molar-refractivity contribution in [2.24, 2.45) is 5.41 Å². The molecule has 0 aliphatic carbocycles. The fraction of sp³-hybridized carbons (Fsp3) is 0.269. The third-order valence-corrected chi connectivity index (χ3v) is 6.17. The van der Waals surface area contributed by atoms with E-state index >= 15 is 0 Å². The average molecular weight is 463 g/mol. The highest BCUT2D eigenvalue weighted by Crippen LogP contribution is 2.44. The number of aromatic nitrogens is 1. The van der Waals surface area contributed by atoms with Gasteiger partial charge in [-0.3, -0.25) is 14.5 Å². The van der Waals surface area contributed by atoms with Gasteiger partial charge in [0.15, 0.2) is 11.5 Å². The Labute approximate surface area is 197 Å². The van der Waals surface area contributed by atoms with Gasteiger partial charge in [0.2, 0.25) is 5.88 Å². The number of methoxy groups -OCH3 is 1. The summed E-state index contributed by atoms with van der Waals surface area (Å²) < 4.78 is 5.45. The minimum atomic E-state index is -0.844. The highest BCUT2D eigenvalue weighted by atomic mass is 32.1. The number of amides is 1. The van der Waals surface area contributed by atoms with Crippen LogP contribution in [0.3, 0.4) is 0 Å². The van der Waals surface area contributed by atoms with Crippen molar-refractivity contribution in [3.63, 3.8) is 0 Å². The van der Waals surface area contributed by atoms with Gasteiger partial charge < -0.3 is 9.84 Å². The van der Waals surface area contributed by atoms with Crippen LogP contribution in [-0.2, 0) is 9.59 Å². The van der Waals surface area contributed by atoms with Gasteiger partial charge in [-0.05, 0) is 57.6 Å². The maximum absolute atomic E-state index is 13.3. The first-order valence-electron chi connectivity index (χ1n) is 10.6. The predicted octanol–water partition coefficient (Wildman–Crippen LogP) is 5.72. The fourth-order valence-electron chi connectivity index (χ4n) is 4.05. The molecular formula is C26H26N2O4S. The third-order valence-electron chi connectivity index (χ3n) is 5.49. The summed E-state index contributed by atoms with van der Waals surface area (Å²) in [5.41, 5.74) is 2.97. The number of ketones is 1. The van der Waals surface area contributed by atoms with E-state index in [9.17, 15) is 14.7 Å². The van der Waals surface area contributed by atoms with Crippen LogP contribution < -0.4 is 9.64 Å². The summed E-state index contributed by atoms with van der Waals surface area (Å²) in [6.45, 7) is 5.83. The first-order valence-corrected chi connectivity index (χ1v) is 11.6. The van der Waals surface area contributed by atoms with Crippen LogP contribution in [-0.4, -0.2) is 28.9 Å². The standard InChI is InChI=1S/C26H26N2O4S/c1-26(2,3)14-20(29)21-22(19-6-5-12-27-24(19)32-4)28(25(31)23(21)30)18-9-7-16(8-10-18)17-11-13-33-15-17/h5-13,15,22,30H,14H2,1-4H3. The van der Waals surface area contributed by atoms with E-state index in [4.69, 9.17) is 4.74 Å². The second kappa shape index (κ2) is 8.83. The van der Waals surface area contributed by atoms with E-state index in [1.165, 1.54) is 12.0 Å². The number of benzene rings is 1. The number of aliphatic hydroxyl groups excluding tert-OH is 1. The Hall–Kier alpha value is -3.45. The highest BCUT2D eigenvalue weighted by molar-refractivity contribution is 7.08. The quantitative estimate of drug-likeness (QED) is 0.506. The van der Waals surface area contributed by atoms with E-state index in [0.717, 1.165) is 11.1 Å². The molecule has 0 saturated heterocycles. The van der Waals surface area contributed by atoms with E-state index in [2.05, 4.69) is 10.4 Å². The summed E-state index contributed by atoms with van der Waals surface area (Å²) in [7, 11) is 1.49. The minimum Gasteiger partial charge on any atom is -0.503 e. The van der Waals surface area contributed by atoms with Crippen LogP contribution in [0.1, 0.15) is 38.8 Å². The van der Waals surface area contributed by atoms with Crippen molar-refractivity contribution in [1.29, 1.82) is 0 Å². The van der Waals surface area contributed by atoms with Crippen LogP contribution in [0.4, 0.5) is 5.69 Å². The molecule has 3 heterocycles. The Morgan fingerprint density at radius 2 is 1.88 bits per heavy atom. The Bertz CT molecular complexity index is 1210. The molecule has 33 heavy (non-hydrogen) atoms. The number of hydrogen-bond donors (Lipinski definition) is 1. The van der Waals surface area contributed by atoms with Gasteiger partial charge >= 0.3 is 0 Å². The number of rotatable bonds is 6. The monoisotopic (exact) mass is 462 g/mol. The molecular weight excluding hydrogens is 436 g/mol. The van der Waals surface area contributed by atoms with E-state index in [1.807, 2.05) is 56.5 Å². The fourth-order valence-corrected chi connectivity index (χ4v) is 4.72. The van der Waals surface area contributed by atoms with Crippen molar-refractivity contribution < 1.29 is 19.4 Å². The van der Waals surface area contributed by atoms with Crippen LogP contribution >= 0.6 is 11.3 Å². The molecule has 1 aliphatic rings. The summed E-state index contributed by atoms with van der Waals surface area (Å²) in [4.78, 5) is 32.3. The second-order valence-corrected chi connectivity index (χ2v) is 9.94. The van der Waals surface area contributed by atoms with Crippen molar-refractivity contribution in [3.05, 3.63) is 76.3 Å². The lowest BCUT2D eigenvalue weighted by Crippen LogP contribution is -2.31. The van der Waals surface area contributed by atoms with Gasteiger partial charge in [0.25, 0.3) is 5.91 Å². The van der Waals surface area contributed by atoms with Gasteiger partial charge in [0.05, 0.1) is 12.7 Å². The van der Waals surface area contributed by atoms with Gasteiger partial charge in [-0.15, -0.1) is 0 Å². The minimum absolute atomic E-state index is 0.0723. The van der Waals surface area contributed by atoms with E-state index in [1.54, 1.807) is 29.7 Å². The maximum atomic E-state index is 13.3. The van der Waals surface area contributed by atoms with Gasteiger partial charge in [-0.2, -0.15) is 11.3 Å². The normalized spacial score (nSPS) is 16.4. The van der Waals surface area contributed by atoms with Crippen LogP contribution in [0, 0.1) is 5.41 Å². The molecule has 7 heteroatoms. The molecule has 1 atom stereocenters. The summed E-state index contributed by atoms with van der Waals surface area (Å²) in [6.07, 6.45) is 1.77. The number of carbonyl (C=O) groups is 2. The lowest BCUT2D eigenvalue weighted by molar-refractivity contribution is -0.118. The van der Waals surface area contributed by atoms with Gasteiger partial charge in [0.1, 0.15) is 6.04 Å². The molecule has 2 aromatic heterocycles. The lowest BCUT2D eigenvalue weighted by Gasteiger charge is -2.28. The summed E-state index contributed by atoms with van der Waals surface area (Å²) in [5, 5.41) is 14.9. The molecule has 1 N–H and O–H groups in total. The molecule has 0 bridgehead atoms. The number of ether oxygens (including phenoxy) is 1.